The van der Waals surface area contributed by atoms with Gasteiger partial charge >= 0.3 is 0 Å². The normalized spacial score (nSPS) is 10.7. The Morgan fingerprint density at radius 1 is 1.19 bits per heavy atom. The van der Waals surface area contributed by atoms with E-state index in [0.717, 1.165) is 11.4 Å². The van der Waals surface area contributed by atoms with Crippen LogP contribution in [-0.2, 0) is 18.3 Å². The summed E-state index contributed by atoms with van der Waals surface area (Å²) in [6.07, 6.45) is 2.20. The first kappa shape index (κ1) is 18.7. The Kier molecular flexibility index (Phi) is 6.13. The van der Waals surface area contributed by atoms with Crippen molar-refractivity contribution in [3.8, 4) is 0 Å². The number of halogens is 2. The molecule has 1 aromatic carbocycles. The van der Waals surface area contributed by atoms with Crippen LogP contribution in [0.15, 0.2) is 47.8 Å². The van der Waals surface area contributed by atoms with E-state index in [1.165, 1.54) is 11.8 Å². The second-order valence-electron chi connectivity index (χ2n) is 5.44. The van der Waals surface area contributed by atoms with Crippen molar-refractivity contribution in [1.82, 2.24) is 19.7 Å². The standard InChI is InChI=1S/C17H15Cl2N5OS/c1-24-14(9-11-4-6-12(18)7-5-11)22-23-17(24)26-10-15(25)21-13-3-2-8-20-16(13)19/h2-8H,9-10H2,1H3,(H,21,25). The summed E-state index contributed by atoms with van der Waals surface area (Å²) < 4.78 is 1.88. The maximum Gasteiger partial charge on any atom is 0.234 e. The van der Waals surface area contributed by atoms with Crippen LogP contribution in [0.25, 0.3) is 0 Å². The number of rotatable bonds is 6. The van der Waals surface area contributed by atoms with Crippen molar-refractivity contribution in [2.24, 2.45) is 7.05 Å². The third kappa shape index (κ3) is 4.75. The average molecular weight is 408 g/mol. The molecule has 2 aromatic heterocycles. The van der Waals surface area contributed by atoms with Gasteiger partial charge in [0, 0.05) is 24.7 Å². The highest BCUT2D eigenvalue weighted by molar-refractivity contribution is 7.99. The number of hydrogen-bond acceptors (Lipinski definition) is 5. The molecule has 0 bridgehead atoms. The predicted molar refractivity (Wildman–Crippen MR) is 104 cm³/mol. The van der Waals surface area contributed by atoms with E-state index in [9.17, 15) is 4.79 Å². The van der Waals surface area contributed by atoms with Gasteiger partial charge in [-0.2, -0.15) is 0 Å². The summed E-state index contributed by atoms with van der Waals surface area (Å²) in [6, 6.07) is 11.0. The van der Waals surface area contributed by atoms with Crippen molar-refractivity contribution < 1.29 is 4.79 Å². The Balaban J connectivity index is 1.59. The topological polar surface area (TPSA) is 72.7 Å². The van der Waals surface area contributed by atoms with Crippen LogP contribution in [0.3, 0.4) is 0 Å². The molecule has 0 saturated heterocycles. The molecule has 0 aliphatic carbocycles. The fraction of sp³-hybridized carbons (Fsp3) is 0.176. The molecule has 0 saturated carbocycles. The molecule has 134 valence electrons. The Labute approximate surface area is 164 Å². The minimum absolute atomic E-state index is 0.188. The first-order valence-electron chi connectivity index (χ1n) is 7.69. The molecule has 0 radical (unpaired) electrons. The number of aromatic nitrogens is 4. The molecule has 0 spiro atoms. The molecule has 0 aliphatic rings. The van der Waals surface area contributed by atoms with Gasteiger partial charge in [0.1, 0.15) is 5.82 Å². The number of pyridine rings is 1. The molecule has 0 atom stereocenters. The van der Waals surface area contributed by atoms with Gasteiger partial charge in [0.15, 0.2) is 10.3 Å². The maximum atomic E-state index is 12.1. The second kappa shape index (κ2) is 8.53. The van der Waals surface area contributed by atoms with Gasteiger partial charge in [-0.25, -0.2) is 4.98 Å². The highest BCUT2D eigenvalue weighted by atomic mass is 35.5. The summed E-state index contributed by atoms with van der Waals surface area (Å²) in [6.45, 7) is 0. The number of carbonyl (C=O) groups is 1. The first-order valence-corrected chi connectivity index (χ1v) is 9.43. The lowest BCUT2D eigenvalue weighted by Crippen LogP contribution is -2.15. The molecule has 3 aromatic rings. The number of amides is 1. The van der Waals surface area contributed by atoms with Crippen LogP contribution in [-0.4, -0.2) is 31.4 Å². The summed E-state index contributed by atoms with van der Waals surface area (Å²) in [5, 5.41) is 12.7. The molecule has 2 heterocycles. The van der Waals surface area contributed by atoms with Gasteiger partial charge in [0.25, 0.3) is 0 Å². The van der Waals surface area contributed by atoms with E-state index in [0.29, 0.717) is 22.3 Å². The largest absolute Gasteiger partial charge is 0.323 e. The second-order valence-corrected chi connectivity index (χ2v) is 7.18. The quantitative estimate of drug-likeness (QED) is 0.496. The molecule has 0 aliphatic heterocycles. The average Bonchev–Trinajstić information content (AvgIpc) is 2.97. The van der Waals surface area contributed by atoms with Crippen LogP contribution < -0.4 is 5.32 Å². The van der Waals surface area contributed by atoms with Gasteiger partial charge in [0.2, 0.25) is 5.91 Å². The van der Waals surface area contributed by atoms with E-state index in [1.807, 2.05) is 35.9 Å². The van der Waals surface area contributed by atoms with Crippen LogP contribution in [0, 0.1) is 0 Å². The van der Waals surface area contributed by atoms with Crippen LogP contribution in [0.4, 0.5) is 5.69 Å². The number of benzene rings is 1. The number of hydrogen-bond donors (Lipinski definition) is 1. The highest BCUT2D eigenvalue weighted by Crippen LogP contribution is 2.20. The van der Waals surface area contributed by atoms with Gasteiger partial charge in [-0.05, 0) is 29.8 Å². The maximum absolute atomic E-state index is 12.1. The third-order valence-electron chi connectivity index (χ3n) is 3.57. The highest BCUT2D eigenvalue weighted by Gasteiger charge is 2.13. The molecule has 26 heavy (non-hydrogen) atoms. The van der Waals surface area contributed by atoms with Gasteiger partial charge < -0.3 is 9.88 Å². The summed E-state index contributed by atoms with van der Waals surface area (Å²) in [4.78, 5) is 16.0. The van der Waals surface area contributed by atoms with E-state index >= 15 is 0 Å². The molecule has 1 amide bonds. The minimum atomic E-state index is -0.188. The zero-order valence-electron chi connectivity index (χ0n) is 13.8. The fourth-order valence-electron chi connectivity index (χ4n) is 2.21. The number of nitrogens with one attached hydrogen (secondary N) is 1. The van der Waals surface area contributed by atoms with Crippen LogP contribution in [0.5, 0.6) is 0 Å². The molecule has 0 unspecified atom stereocenters. The zero-order valence-corrected chi connectivity index (χ0v) is 16.1. The molecule has 9 heteroatoms. The minimum Gasteiger partial charge on any atom is -0.323 e. The number of carbonyl (C=O) groups excluding carboxylic acids is 1. The zero-order chi connectivity index (χ0) is 18.5. The lowest BCUT2D eigenvalue weighted by atomic mass is 10.1. The van der Waals surface area contributed by atoms with Crippen LogP contribution in [0.1, 0.15) is 11.4 Å². The molecular weight excluding hydrogens is 393 g/mol. The van der Waals surface area contributed by atoms with Gasteiger partial charge in [-0.15, -0.1) is 10.2 Å². The fourth-order valence-corrected chi connectivity index (χ4v) is 3.23. The molecule has 1 N–H and O–H groups in total. The summed E-state index contributed by atoms with van der Waals surface area (Å²) in [7, 11) is 1.88. The van der Waals surface area contributed by atoms with E-state index in [2.05, 4.69) is 20.5 Å². The lowest BCUT2D eigenvalue weighted by molar-refractivity contribution is -0.113. The van der Waals surface area contributed by atoms with Gasteiger partial charge in [-0.3, -0.25) is 4.79 Å². The van der Waals surface area contributed by atoms with Crippen molar-refractivity contribution >= 4 is 46.6 Å². The van der Waals surface area contributed by atoms with Crippen LogP contribution >= 0.6 is 35.0 Å². The van der Waals surface area contributed by atoms with Gasteiger partial charge in [-0.1, -0.05) is 47.1 Å². The molecule has 3 rings (SSSR count). The Hall–Kier alpha value is -2.09. The monoisotopic (exact) mass is 407 g/mol. The summed E-state index contributed by atoms with van der Waals surface area (Å²) in [5.41, 5.74) is 1.58. The summed E-state index contributed by atoms with van der Waals surface area (Å²) >= 11 is 13.1. The van der Waals surface area contributed by atoms with E-state index in [-0.39, 0.29) is 16.8 Å². The number of thioether (sulfide) groups is 1. The lowest BCUT2D eigenvalue weighted by Gasteiger charge is -2.06. The van der Waals surface area contributed by atoms with Crippen LogP contribution in [0.2, 0.25) is 10.2 Å². The van der Waals surface area contributed by atoms with Crippen molar-refractivity contribution in [2.75, 3.05) is 11.1 Å². The van der Waals surface area contributed by atoms with Crippen molar-refractivity contribution in [2.45, 2.75) is 11.6 Å². The number of nitrogens with zero attached hydrogens (tertiary/aromatic N) is 4. The Morgan fingerprint density at radius 3 is 2.69 bits per heavy atom. The van der Waals surface area contributed by atoms with Crippen molar-refractivity contribution in [3.05, 3.63) is 64.2 Å². The van der Waals surface area contributed by atoms with E-state index in [4.69, 9.17) is 23.2 Å². The van der Waals surface area contributed by atoms with Gasteiger partial charge in [0.05, 0.1) is 11.4 Å². The molecule has 0 fully saturated rings. The Morgan fingerprint density at radius 2 is 1.96 bits per heavy atom. The predicted octanol–water partition coefficient (Wildman–Crippen LogP) is 3.84. The van der Waals surface area contributed by atoms with E-state index in [1.54, 1.807) is 18.3 Å². The smallest absolute Gasteiger partial charge is 0.234 e. The SMILES string of the molecule is Cn1c(Cc2ccc(Cl)cc2)nnc1SCC(=O)Nc1cccnc1Cl. The third-order valence-corrected chi connectivity index (χ3v) is 5.14. The summed E-state index contributed by atoms with van der Waals surface area (Å²) in [5.74, 6) is 0.815. The van der Waals surface area contributed by atoms with Crippen molar-refractivity contribution in [1.29, 1.82) is 0 Å². The number of anilines is 1. The van der Waals surface area contributed by atoms with Crippen molar-refractivity contribution in [3.63, 3.8) is 0 Å². The first-order chi connectivity index (χ1) is 12.5. The molecular formula is C17H15Cl2N5OS. The molecule has 6 nitrogen and oxygen atoms in total. The van der Waals surface area contributed by atoms with E-state index < -0.39 is 0 Å². The Bertz CT molecular complexity index is 914.